The highest BCUT2D eigenvalue weighted by Gasteiger charge is 2.40. The first kappa shape index (κ1) is 41.3. The molecule has 5 aliphatic rings. The Bertz CT molecular complexity index is 2970. The van der Waals surface area contributed by atoms with Gasteiger partial charge in [-0.05, 0) is 84.6 Å². The number of nitriles is 1. The summed E-state index contributed by atoms with van der Waals surface area (Å²) in [5, 5.41) is 12.5. The Morgan fingerprint density at radius 1 is 0.922 bits per heavy atom. The number of nitrogens with zero attached hydrogens (tertiary/aromatic N) is 7. The van der Waals surface area contributed by atoms with Crippen molar-refractivity contribution < 1.29 is 36.3 Å². The normalized spacial score (nSPS) is 20.8. The number of nitrogens with one attached hydrogen (secondary N) is 2. The van der Waals surface area contributed by atoms with Gasteiger partial charge in [0.15, 0.2) is 11.6 Å². The molecule has 2 N–H and O–H groups in total. The molecule has 328 valence electrons. The van der Waals surface area contributed by atoms with E-state index in [1.54, 1.807) is 11.0 Å². The molecule has 0 unspecified atom stereocenters. The molecule has 1 aromatic heterocycles. The van der Waals surface area contributed by atoms with E-state index in [1.807, 2.05) is 36.4 Å². The summed E-state index contributed by atoms with van der Waals surface area (Å²) in [6, 6.07) is 21.1. The quantitative estimate of drug-likeness (QED) is 0.181. The maximum atomic E-state index is 15.1. The summed E-state index contributed by atoms with van der Waals surface area (Å²) in [7, 11) is -4.24. The van der Waals surface area contributed by atoms with Crippen molar-refractivity contribution in [2.24, 2.45) is 5.92 Å². The van der Waals surface area contributed by atoms with Crippen LogP contribution in [0.3, 0.4) is 0 Å². The Morgan fingerprint density at radius 2 is 1.70 bits per heavy atom. The van der Waals surface area contributed by atoms with Crippen molar-refractivity contribution in [1.82, 2.24) is 29.0 Å². The number of aromatic nitrogens is 2. The van der Waals surface area contributed by atoms with Crippen LogP contribution in [-0.4, -0.2) is 108 Å². The SMILES string of the molecule is N#Cc1c(NS(=O)(=O)N2CC[C@@H](F)C2)ccc(F)c1Oc1ccc2ncn(-c3ccc(N4CC(CN5CC(c6ccc7c(c6)CN([C@@H]6CCC(=O)NC6=O)C7=O)C5)C4)cc3)c(=O)c2c1. The van der Waals surface area contributed by atoms with E-state index in [-0.39, 0.29) is 54.6 Å². The summed E-state index contributed by atoms with van der Waals surface area (Å²) < 4.78 is 65.0. The summed E-state index contributed by atoms with van der Waals surface area (Å²) >= 11 is 0. The highest BCUT2D eigenvalue weighted by Crippen LogP contribution is 2.37. The molecule has 4 aromatic carbocycles. The summed E-state index contributed by atoms with van der Waals surface area (Å²) in [6.45, 7) is 4.59. The second-order valence-corrected chi connectivity index (χ2v) is 18.7. The maximum Gasteiger partial charge on any atom is 0.301 e. The molecule has 19 heteroatoms. The number of fused-ring (bicyclic) bond motifs is 2. The highest BCUT2D eigenvalue weighted by atomic mass is 32.2. The molecule has 0 bridgehead atoms. The van der Waals surface area contributed by atoms with Crippen LogP contribution in [0, 0.1) is 23.1 Å². The number of carbonyl (C=O) groups is 3. The standard InChI is InChI=1S/C45H41F2N9O7S/c46-30-13-14-54(24-30)64(61,62)51-39-10-8-37(47)42(36(39)17-48)63-33-6-9-38-35(16-33)45(60)56(25-49-38)32-4-2-31(3-5-32)53-19-26(20-53)18-52-21-29(22-52)27-1-7-34-28(15-27)23-55(44(34)59)40-11-12-41(57)50-43(40)58/h1-10,15-16,25-26,29-30,40,51H,11-14,18-24H2,(H,50,57,58)/t30-,40-/m1/s1. The van der Waals surface area contributed by atoms with Crippen molar-refractivity contribution >= 4 is 50.2 Å². The lowest BCUT2D eigenvalue weighted by Crippen LogP contribution is -2.55. The molecule has 64 heavy (non-hydrogen) atoms. The van der Waals surface area contributed by atoms with Crippen LogP contribution >= 0.6 is 0 Å². The van der Waals surface area contributed by atoms with Gasteiger partial charge in [0.25, 0.3) is 11.5 Å². The molecule has 0 radical (unpaired) electrons. The first-order valence-electron chi connectivity index (χ1n) is 21.0. The van der Waals surface area contributed by atoms with Crippen molar-refractivity contribution in [1.29, 1.82) is 5.26 Å². The second kappa shape index (κ2) is 16.1. The summed E-state index contributed by atoms with van der Waals surface area (Å²) in [5.41, 5.74) is 3.59. The molecule has 5 aliphatic heterocycles. The Kier molecular flexibility index (Phi) is 10.4. The smallest absolute Gasteiger partial charge is 0.301 e. The summed E-state index contributed by atoms with van der Waals surface area (Å²) in [5.74, 6) is -1.50. The van der Waals surface area contributed by atoms with Crippen LogP contribution in [0.1, 0.15) is 52.2 Å². The van der Waals surface area contributed by atoms with Crippen molar-refractivity contribution in [3.63, 3.8) is 0 Å². The minimum absolute atomic E-state index is 0.0109. The van der Waals surface area contributed by atoms with Crippen molar-refractivity contribution in [3.8, 4) is 23.3 Å². The molecule has 0 spiro atoms. The van der Waals surface area contributed by atoms with Crippen LogP contribution in [0.25, 0.3) is 16.6 Å². The Morgan fingerprint density at radius 3 is 2.44 bits per heavy atom. The lowest BCUT2D eigenvalue weighted by molar-refractivity contribution is -0.136. The zero-order chi connectivity index (χ0) is 44.4. The van der Waals surface area contributed by atoms with E-state index in [2.05, 4.69) is 30.9 Å². The molecule has 10 rings (SSSR count). The lowest BCUT2D eigenvalue weighted by Gasteiger charge is -2.47. The monoisotopic (exact) mass is 889 g/mol. The number of halogens is 2. The number of hydrogen-bond acceptors (Lipinski definition) is 11. The fourth-order valence-electron chi connectivity index (χ4n) is 9.29. The van der Waals surface area contributed by atoms with Gasteiger partial charge >= 0.3 is 10.2 Å². The van der Waals surface area contributed by atoms with Crippen LogP contribution < -0.4 is 25.2 Å². The highest BCUT2D eigenvalue weighted by molar-refractivity contribution is 7.90. The predicted octanol–water partition coefficient (Wildman–Crippen LogP) is 4.19. The van der Waals surface area contributed by atoms with Crippen LogP contribution in [0.4, 0.5) is 20.2 Å². The summed E-state index contributed by atoms with van der Waals surface area (Å²) in [6.07, 6.45) is 0.716. The number of rotatable bonds is 11. The number of amides is 3. The minimum Gasteiger partial charge on any atom is -0.453 e. The molecule has 4 fully saturated rings. The van der Waals surface area contributed by atoms with Crippen LogP contribution in [0.2, 0.25) is 0 Å². The van der Waals surface area contributed by atoms with Crippen molar-refractivity contribution in [2.45, 2.75) is 43.9 Å². The number of likely N-dealkylation sites (tertiary alicyclic amines) is 1. The van der Waals surface area contributed by atoms with E-state index in [0.717, 1.165) is 60.4 Å². The van der Waals surface area contributed by atoms with Gasteiger partial charge in [0.05, 0.1) is 22.3 Å². The molecule has 6 heterocycles. The van der Waals surface area contributed by atoms with Crippen molar-refractivity contribution in [3.05, 3.63) is 118 Å². The molecule has 3 amide bonds. The third kappa shape index (κ3) is 7.60. The van der Waals surface area contributed by atoms with Crippen LogP contribution in [0.5, 0.6) is 11.5 Å². The maximum absolute atomic E-state index is 15.1. The summed E-state index contributed by atoms with van der Waals surface area (Å²) in [4.78, 5) is 61.7. The van der Waals surface area contributed by atoms with E-state index in [9.17, 15) is 37.2 Å². The second-order valence-electron chi connectivity index (χ2n) is 17.0. The number of hydrogen-bond donors (Lipinski definition) is 2. The minimum atomic E-state index is -4.24. The average molecular weight is 890 g/mol. The van der Waals surface area contributed by atoms with E-state index in [4.69, 9.17) is 4.74 Å². The topological polar surface area (TPSA) is 190 Å². The third-order valence-corrected chi connectivity index (χ3v) is 14.3. The van der Waals surface area contributed by atoms with Crippen LogP contribution in [-0.2, 0) is 26.3 Å². The van der Waals surface area contributed by atoms with Gasteiger partial charge in [-0.1, -0.05) is 12.1 Å². The molecule has 5 aromatic rings. The first-order valence-corrected chi connectivity index (χ1v) is 22.4. The fraction of sp³-hybridized carbons (Fsp3) is 0.333. The molecule has 4 saturated heterocycles. The number of imide groups is 1. The Balaban J connectivity index is 0.748. The number of carbonyl (C=O) groups excluding carboxylic acids is 3. The lowest BCUT2D eigenvalue weighted by atomic mass is 9.87. The average Bonchev–Trinajstić information content (AvgIpc) is 3.84. The number of ether oxygens (including phenoxy) is 1. The van der Waals surface area contributed by atoms with Gasteiger partial charge in [-0.25, -0.2) is 13.8 Å². The number of alkyl halides is 1. The van der Waals surface area contributed by atoms with Gasteiger partial charge in [0.1, 0.15) is 35.9 Å². The molecule has 16 nitrogen and oxygen atoms in total. The zero-order valence-electron chi connectivity index (χ0n) is 34.2. The predicted molar refractivity (Wildman–Crippen MR) is 230 cm³/mol. The van der Waals surface area contributed by atoms with Gasteiger partial charge in [-0.3, -0.25) is 33.8 Å². The van der Waals surface area contributed by atoms with E-state index in [0.29, 0.717) is 41.6 Å². The zero-order valence-corrected chi connectivity index (χ0v) is 35.1. The van der Waals surface area contributed by atoms with Gasteiger partial charge < -0.3 is 19.4 Å². The Labute approximate surface area is 365 Å². The van der Waals surface area contributed by atoms with Gasteiger partial charge in [-0.2, -0.15) is 18.0 Å². The number of piperidine rings is 1. The number of benzene rings is 4. The van der Waals surface area contributed by atoms with Gasteiger partial charge in [-0.15, -0.1) is 0 Å². The fourth-order valence-corrected chi connectivity index (χ4v) is 10.6. The van der Waals surface area contributed by atoms with E-state index in [1.165, 1.54) is 34.7 Å². The largest absolute Gasteiger partial charge is 0.453 e. The molecule has 0 saturated carbocycles. The Hall–Kier alpha value is -6.75. The van der Waals surface area contributed by atoms with Gasteiger partial charge in [0.2, 0.25) is 11.8 Å². The van der Waals surface area contributed by atoms with E-state index >= 15 is 4.39 Å². The van der Waals surface area contributed by atoms with Gasteiger partial charge in [0, 0.05) is 81.9 Å². The number of anilines is 2. The third-order valence-electron chi connectivity index (χ3n) is 12.8. The molecule has 2 atom stereocenters. The molecular weight excluding hydrogens is 849 g/mol. The molecular formula is C45H41F2N9O7S. The van der Waals surface area contributed by atoms with E-state index < -0.39 is 51.0 Å². The van der Waals surface area contributed by atoms with Crippen molar-refractivity contribution in [2.75, 3.05) is 55.4 Å². The van der Waals surface area contributed by atoms with Crippen LogP contribution in [0.15, 0.2) is 83.9 Å². The molecule has 0 aliphatic carbocycles. The first-order chi connectivity index (χ1) is 30.8.